The van der Waals surface area contributed by atoms with Crippen LogP contribution in [0.2, 0.25) is 0 Å². The minimum atomic E-state index is 0. The van der Waals surface area contributed by atoms with Gasteiger partial charge in [-0.05, 0) is 39.3 Å². The highest BCUT2D eigenvalue weighted by Crippen LogP contribution is 2.14. The van der Waals surface area contributed by atoms with Crippen molar-refractivity contribution in [2.24, 2.45) is 4.99 Å². The third-order valence-electron chi connectivity index (χ3n) is 3.58. The van der Waals surface area contributed by atoms with E-state index in [9.17, 15) is 0 Å². The third kappa shape index (κ3) is 7.90. The minimum absolute atomic E-state index is 0. The van der Waals surface area contributed by atoms with Crippen molar-refractivity contribution in [2.75, 3.05) is 13.1 Å². The second kappa shape index (κ2) is 12.1. The van der Waals surface area contributed by atoms with E-state index in [1.165, 1.54) is 10.4 Å². The number of hydrogen-bond acceptors (Lipinski definition) is 4. The zero-order valence-electron chi connectivity index (χ0n) is 15.9. The van der Waals surface area contributed by atoms with Crippen LogP contribution in [0, 0.1) is 6.92 Å². The summed E-state index contributed by atoms with van der Waals surface area (Å²) in [4.78, 5) is 10.3. The van der Waals surface area contributed by atoms with Gasteiger partial charge in [0.05, 0.1) is 13.1 Å². The summed E-state index contributed by atoms with van der Waals surface area (Å²) in [7, 11) is 0. The maximum atomic E-state index is 5.92. The zero-order valence-corrected chi connectivity index (χ0v) is 19.1. The summed E-state index contributed by atoms with van der Waals surface area (Å²) in [6.07, 6.45) is 3.00. The number of halogens is 1. The van der Waals surface area contributed by atoms with Crippen LogP contribution in [0.4, 0.5) is 0 Å². The van der Waals surface area contributed by atoms with Crippen molar-refractivity contribution in [1.29, 1.82) is 0 Å². The molecule has 2 rings (SSSR count). The smallest absolute Gasteiger partial charge is 0.191 e. The molecule has 2 aromatic rings. The molecule has 1 atom stereocenters. The Morgan fingerprint density at radius 1 is 1.23 bits per heavy atom. The lowest BCUT2D eigenvalue weighted by Crippen LogP contribution is -2.41. The average Bonchev–Trinajstić information content (AvgIpc) is 3.07. The molecule has 7 heteroatoms. The molecule has 0 saturated carbocycles. The van der Waals surface area contributed by atoms with E-state index in [-0.39, 0.29) is 30.1 Å². The van der Waals surface area contributed by atoms with Crippen molar-refractivity contribution < 1.29 is 4.74 Å². The van der Waals surface area contributed by atoms with E-state index in [4.69, 9.17) is 4.74 Å². The van der Waals surface area contributed by atoms with E-state index in [0.717, 1.165) is 29.7 Å². The molecule has 0 aliphatic carbocycles. The normalized spacial score (nSPS) is 12.2. The highest BCUT2D eigenvalue weighted by molar-refractivity contribution is 14.0. The first-order valence-electron chi connectivity index (χ1n) is 8.79. The van der Waals surface area contributed by atoms with E-state index >= 15 is 0 Å². The summed E-state index contributed by atoms with van der Waals surface area (Å²) in [5.41, 5.74) is 1.23. The fourth-order valence-corrected chi connectivity index (χ4v) is 2.99. The van der Waals surface area contributed by atoms with Gasteiger partial charge in [-0.3, -0.25) is 0 Å². The van der Waals surface area contributed by atoms with Crippen LogP contribution >= 0.6 is 35.3 Å². The zero-order chi connectivity index (χ0) is 18.1. The predicted molar refractivity (Wildman–Crippen MR) is 121 cm³/mol. The van der Waals surface area contributed by atoms with Crippen molar-refractivity contribution in [2.45, 2.75) is 46.8 Å². The Hall–Kier alpha value is -1.35. The third-order valence-corrected chi connectivity index (χ3v) is 4.71. The summed E-state index contributed by atoms with van der Waals surface area (Å²) in [5, 5.41) is 7.63. The molecule has 0 spiro atoms. The number of hydrogen-bond donors (Lipinski definition) is 2. The van der Waals surface area contributed by atoms with Gasteiger partial charge in [0.1, 0.15) is 16.9 Å². The van der Waals surface area contributed by atoms with Crippen LogP contribution in [0.3, 0.4) is 0 Å². The Balaban J connectivity index is 0.00000338. The number of aryl methyl sites for hydroxylation is 2. The Morgan fingerprint density at radius 3 is 2.58 bits per heavy atom. The van der Waals surface area contributed by atoms with Gasteiger partial charge in [0.15, 0.2) is 5.96 Å². The number of guanidine groups is 1. The summed E-state index contributed by atoms with van der Waals surface area (Å²) in [6, 6.07) is 8.11. The number of aromatic nitrogens is 1. The molecule has 1 aromatic carbocycles. The van der Waals surface area contributed by atoms with Crippen molar-refractivity contribution in [3.05, 3.63) is 45.9 Å². The van der Waals surface area contributed by atoms with Gasteiger partial charge in [-0.15, -0.1) is 35.3 Å². The molecule has 1 unspecified atom stereocenters. The quantitative estimate of drug-likeness (QED) is 0.333. The van der Waals surface area contributed by atoms with Crippen LogP contribution in [0.1, 0.15) is 36.2 Å². The molecule has 0 aliphatic rings. The summed E-state index contributed by atoms with van der Waals surface area (Å²) in [5.74, 6) is 1.67. The maximum absolute atomic E-state index is 5.92. The van der Waals surface area contributed by atoms with Crippen LogP contribution in [0.25, 0.3) is 0 Å². The molecule has 144 valence electrons. The van der Waals surface area contributed by atoms with E-state index in [1.807, 2.05) is 25.3 Å². The molecule has 0 amide bonds. The predicted octanol–water partition coefficient (Wildman–Crippen LogP) is 4.15. The molecule has 5 nitrogen and oxygen atoms in total. The van der Waals surface area contributed by atoms with Crippen LogP contribution in [0.5, 0.6) is 5.75 Å². The topological polar surface area (TPSA) is 58.5 Å². The SMILES string of the molecule is CCNC(=NCc1ncc(CC)s1)NCC(C)Oc1ccc(C)cc1.I. The Kier molecular flexibility index (Phi) is 10.6. The molecule has 0 radical (unpaired) electrons. The largest absolute Gasteiger partial charge is 0.489 e. The molecule has 0 bridgehead atoms. The average molecular weight is 488 g/mol. The summed E-state index contributed by atoms with van der Waals surface area (Å²) < 4.78 is 5.92. The van der Waals surface area contributed by atoms with Gasteiger partial charge in [-0.1, -0.05) is 24.6 Å². The molecule has 26 heavy (non-hydrogen) atoms. The summed E-state index contributed by atoms with van der Waals surface area (Å²) >= 11 is 1.72. The van der Waals surface area contributed by atoms with Crippen molar-refractivity contribution >= 4 is 41.3 Å². The maximum Gasteiger partial charge on any atom is 0.191 e. The number of rotatable bonds is 8. The Morgan fingerprint density at radius 2 is 1.96 bits per heavy atom. The fraction of sp³-hybridized carbons (Fsp3) is 0.474. The molecule has 1 heterocycles. The first kappa shape index (κ1) is 22.7. The van der Waals surface area contributed by atoms with Gasteiger partial charge in [0, 0.05) is 17.6 Å². The second-order valence-electron chi connectivity index (χ2n) is 5.89. The number of ether oxygens (including phenoxy) is 1. The van der Waals surface area contributed by atoms with Gasteiger partial charge >= 0.3 is 0 Å². The lowest BCUT2D eigenvalue weighted by atomic mass is 10.2. The van der Waals surface area contributed by atoms with E-state index in [1.54, 1.807) is 11.3 Å². The van der Waals surface area contributed by atoms with Gasteiger partial charge in [-0.25, -0.2) is 9.98 Å². The van der Waals surface area contributed by atoms with Crippen LogP contribution < -0.4 is 15.4 Å². The van der Waals surface area contributed by atoms with Crippen molar-refractivity contribution in [3.63, 3.8) is 0 Å². The highest BCUT2D eigenvalue weighted by Gasteiger charge is 2.06. The van der Waals surface area contributed by atoms with Crippen molar-refractivity contribution in [1.82, 2.24) is 15.6 Å². The summed E-state index contributed by atoms with van der Waals surface area (Å²) in [6.45, 7) is 10.4. The molecule has 2 N–H and O–H groups in total. The second-order valence-corrected chi connectivity index (χ2v) is 7.09. The van der Waals surface area contributed by atoms with Gasteiger partial charge in [0.25, 0.3) is 0 Å². The van der Waals surface area contributed by atoms with Gasteiger partial charge < -0.3 is 15.4 Å². The molecular weight excluding hydrogens is 459 g/mol. The molecule has 1 aromatic heterocycles. The first-order chi connectivity index (χ1) is 12.1. The van der Waals surface area contributed by atoms with Crippen LogP contribution in [-0.2, 0) is 13.0 Å². The van der Waals surface area contributed by atoms with Gasteiger partial charge in [-0.2, -0.15) is 0 Å². The first-order valence-corrected chi connectivity index (χ1v) is 9.61. The highest BCUT2D eigenvalue weighted by atomic mass is 127. The number of benzene rings is 1. The number of thiazole rings is 1. The minimum Gasteiger partial charge on any atom is -0.489 e. The van der Waals surface area contributed by atoms with E-state index in [0.29, 0.717) is 13.1 Å². The molecule has 0 aliphatic heterocycles. The lowest BCUT2D eigenvalue weighted by molar-refractivity contribution is 0.224. The molecular formula is C19H29IN4OS. The van der Waals surface area contributed by atoms with Gasteiger partial charge in [0.2, 0.25) is 0 Å². The van der Waals surface area contributed by atoms with Crippen LogP contribution in [-0.4, -0.2) is 30.1 Å². The standard InChI is InChI=1S/C19H28N4OS.HI/c1-5-17-12-21-18(25-17)13-23-19(20-6-2)22-11-15(4)24-16-9-7-14(3)8-10-16;/h7-10,12,15H,5-6,11,13H2,1-4H3,(H2,20,22,23);1H. The Bertz CT molecular complexity index is 672. The number of nitrogens with zero attached hydrogens (tertiary/aromatic N) is 2. The van der Waals surface area contributed by atoms with E-state index < -0.39 is 0 Å². The lowest BCUT2D eigenvalue weighted by Gasteiger charge is -2.17. The van der Waals surface area contributed by atoms with Crippen molar-refractivity contribution in [3.8, 4) is 5.75 Å². The fourth-order valence-electron chi connectivity index (χ4n) is 2.20. The van der Waals surface area contributed by atoms with E-state index in [2.05, 4.69) is 53.5 Å². The Labute approximate surface area is 177 Å². The molecule has 0 fully saturated rings. The molecule has 0 saturated heterocycles. The monoisotopic (exact) mass is 488 g/mol. The number of nitrogens with one attached hydrogen (secondary N) is 2. The van der Waals surface area contributed by atoms with Crippen LogP contribution in [0.15, 0.2) is 35.5 Å². The number of aliphatic imine (C=N–C) groups is 1.